The first kappa shape index (κ1) is 14.2. The van der Waals surface area contributed by atoms with Crippen LogP contribution in [0.5, 0.6) is 11.5 Å². The Bertz CT molecular complexity index is 735. The van der Waals surface area contributed by atoms with Crippen LogP contribution in [-0.2, 0) is 6.61 Å². The number of hydrogen-bond donors (Lipinski definition) is 0. The zero-order valence-electron chi connectivity index (χ0n) is 12.5. The highest BCUT2D eigenvalue weighted by molar-refractivity contribution is 5.64. The van der Waals surface area contributed by atoms with Crippen molar-refractivity contribution in [1.29, 1.82) is 0 Å². The summed E-state index contributed by atoms with van der Waals surface area (Å²) in [7, 11) is 1.66. The molecule has 0 N–H and O–H groups in total. The van der Waals surface area contributed by atoms with E-state index >= 15 is 0 Å². The summed E-state index contributed by atoms with van der Waals surface area (Å²) in [6.07, 6.45) is 0. The number of benzene rings is 3. The molecule has 2 heteroatoms. The van der Waals surface area contributed by atoms with Gasteiger partial charge in [-0.1, -0.05) is 48.5 Å². The van der Waals surface area contributed by atoms with E-state index in [9.17, 15) is 0 Å². The fourth-order valence-corrected chi connectivity index (χ4v) is 2.26. The summed E-state index contributed by atoms with van der Waals surface area (Å²) in [6.45, 7) is 0.492. The maximum Gasteiger partial charge on any atom is 0.128 e. The lowest BCUT2D eigenvalue weighted by molar-refractivity contribution is 0.304. The van der Waals surface area contributed by atoms with E-state index in [4.69, 9.17) is 9.47 Å². The van der Waals surface area contributed by atoms with Crippen LogP contribution < -0.4 is 9.47 Å². The Morgan fingerprint density at radius 2 is 1.73 bits per heavy atom. The van der Waals surface area contributed by atoms with Gasteiger partial charge in [0.1, 0.15) is 18.1 Å². The normalized spacial score (nSPS) is 10.2. The maximum atomic E-state index is 5.84. The Morgan fingerprint density at radius 3 is 2.55 bits per heavy atom. The van der Waals surface area contributed by atoms with Gasteiger partial charge in [0, 0.05) is 6.07 Å². The standard InChI is InChI=1S/C20H17O2/c1-21-19-11-5-7-16(13-19)15-22-20-12-6-10-18(14-20)17-8-3-2-4-9-17/h2-11,13-14H,15H2,1H3. The average Bonchev–Trinajstić information content (AvgIpc) is 2.61. The number of ether oxygens (including phenoxy) is 2. The van der Waals surface area contributed by atoms with Gasteiger partial charge in [-0.3, -0.25) is 0 Å². The molecular weight excluding hydrogens is 272 g/mol. The molecule has 109 valence electrons. The predicted molar refractivity (Wildman–Crippen MR) is 88.0 cm³/mol. The van der Waals surface area contributed by atoms with Gasteiger partial charge in [0.15, 0.2) is 0 Å². The van der Waals surface area contributed by atoms with Crippen molar-refractivity contribution < 1.29 is 9.47 Å². The third-order valence-electron chi connectivity index (χ3n) is 3.41. The largest absolute Gasteiger partial charge is 0.497 e. The van der Waals surface area contributed by atoms with Crippen molar-refractivity contribution in [2.45, 2.75) is 6.61 Å². The van der Waals surface area contributed by atoms with Gasteiger partial charge in [-0.05, 0) is 41.0 Å². The molecule has 0 heterocycles. The molecule has 3 rings (SSSR count). The maximum absolute atomic E-state index is 5.84. The van der Waals surface area contributed by atoms with Crippen LogP contribution in [0.3, 0.4) is 0 Å². The smallest absolute Gasteiger partial charge is 0.128 e. The Balaban J connectivity index is 1.73. The number of hydrogen-bond acceptors (Lipinski definition) is 2. The second-order valence-electron chi connectivity index (χ2n) is 4.95. The first-order chi connectivity index (χ1) is 10.8. The van der Waals surface area contributed by atoms with Gasteiger partial charge < -0.3 is 9.47 Å². The van der Waals surface area contributed by atoms with Gasteiger partial charge in [0.2, 0.25) is 0 Å². The van der Waals surface area contributed by atoms with Crippen molar-refractivity contribution in [2.24, 2.45) is 0 Å². The van der Waals surface area contributed by atoms with Crippen LogP contribution in [0, 0.1) is 6.07 Å². The lowest BCUT2D eigenvalue weighted by Gasteiger charge is -2.09. The zero-order valence-corrected chi connectivity index (χ0v) is 12.5. The molecule has 0 spiro atoms. The molecule has 0 fully saturated rings. The first-order valence-electron chi connectivity index (χ1n) is 7.18. The first-order valence-corrected chi connectivity index (χ1v) is 7.18. The molecule has 0 atom stereocenters. The number of methoxy groups -OCH3 is 1. The molecule has 0 aliphatic heterocycles. The van der Waals surface area contributed by atoms with E-state index in [2.05, 4.69) is 18.2 Å². The molecule has 0 aliphatic rings. The summed E-state index contributed by atoms with van der Waals surface area (Å²) >= 11 is 0. The molecule has 2 nitrogen and oxygen atoms in total. The van der Waals surface area contributed by atoms with E-state index in [1.54, 1.807) is 7.11 Å². The fourth-order valence-electron chi connectivity index (χ4n) is 2.26. The van der Waals surface area contributed by atoms with Gasteiger partial charge in [-0.2, -0.15) is 0 Å². The predicted octanol–water partition coefficient (Wildman–Crippen LogP) is 4.74. The van der Waals surface area contributed by atoms with Crippen molar-refractivity contribution in [3.8, 4) is 22.6 Å². The highest BCUT2D eigenvalue weighted by atomic mass is 16.5. The average molecular weight is 289 g/mol. The van der Waals surface area contributed by atoms with Crippen molar-refractivity contribution in [2.75, 3.05) is 7.11 Å². The minimum Gasteiger partial charge on any atom is -0.497 e. The summed E-state index contributed by atoms with van der Waals surface area (Å²) in [5.74, 6) is 1.58. The Morgan fingerprint density at radius 1 is 0.864 bits per heavy atom. The Labute approximate surface area is 131 Å². The van der Waals surface area contributed by atoms with Crippen molar-refractivity contribution in [3.63, 3.8) is 0 Å². The molecule has 0 amide bonds. The summed E-state index contributed by atoms with van der Waals surface area (Å²) < 4.78 is 11.1. The molecule has 3 aromatic rings. The molecular formula is C20H17O2. The van der Waals surface area contributed by atoms with E-state index in [-0.39, 0.29) is 0 Å². The van der Waals surface area contributed by atoms with Gasteiger partial charge in [-0.25, -0.2) is 0 Å². The van der Waals surface area contributed by atoms with Crippen molar-refractivity contribution in [3.05, 3.63) is 84.4 Å². The van der Waals surface area contributed by atoms with Crippen LogP contribution in [0.4, 0.5) is 0 Å². The highest BCUT2D eigenvalue weighted by Crippen LogP contribution is 2.24. The van der Waals surface area contributed by atoms with Gasteiger partial charge in [-0.15, -0.1) is 0 Å². The van der Waals surface area contributed by atoms with E-state index < -0.39 is 0 Å². The van der Waals surface area contributed by atoms with Gasteiger partial charge in [0.05, 0.1) is 7.11 Å². The van der Waals surface area contributed by atoms with Crippen LogP contribution >= 0.6 is 0 Å². The molecule has 0 saturated heterocycles. The fraction of sp³-hybridized carbons (Fsp3) is 0.100. The molecule has 1 radical (unpaired) electrons. The third-order valence-corrected chi connectivity index (χ3v) is 3.41. The zero-order chi connectivity index (χ0) is 15.2. The Kier molecular flexibility index (Phi) is 4.40. The lowest BCUT2D eigenvalue weighted by Crippen LogP contribution is -1.96. The van der Waals surface area contributed by atoms with Crippen LogP contribution in [-0.4, -0.2) is 7.11 Å². The monoisotopic (exact) mass is 289 g/mol. The second-order valence-corrected chi connectivity index (χ2v) is 4.95. The molecule has 0 saturated carbocycles. The lowest BCUT2D eigenvalue weighted by atomic mass is 10.1. The van der Waals surface area contributed by atoms with Gasteiger partial charge in [0.25, 0.3) is 0 Å². The molecule has 3 aromatic carbocycles. The topological polar surface area (TPSA) is 18.5 Å². The van der Waals surface area contributed by atoms with Crippen LogP contribution in [0.15, 0.2) is 72.8 Å². The minimum atomic E-state index is 0.492. The van der Waals surface area contributed by atoms with E-state index in [0.29, 0.717) is 6.61 Å². The van der Waals surface area contributed by atoms with Crippen molar-refractivity contribution >= 4 is 0 Å². The quantitative estimate of drug-likeness (QED) is 0.675. The Hall–Kier alpha value is -2.74. The third kappa shape index (κ3) is 3.47. The summed E-state index contributed by atoms with van der Waals surface area (Å²) in [5.41, 5.74) is 3.36. The number of rotatable bonds is 5. The molecule has 0 unspecified atom stereocenters. The van der Waals surface area contributed by atoms with E-state index in [1.165, 1.54) is 5.56 Å². The van der Waals surface area contributed by atoms with Crippen LogP contribution in [0.1, 0.15) is 5.56 Å². The second kappa shape index (κ2) is 6.81. The molecule has 0 aliphatic carbocycles. The van der Waals surface area contributed by atoms with E-state index in [0.717, 1.165) is 22.6 Å². The summed E-state index contributed by atoms with van der Waals surface area (Å²) in [5, 5.41) is 0. The summed E-state index contributed by atoms with van der Waals surface area (Å²) in [6, 6.07) is 27.2. The van der Waals surface area contributed by atoms with Crippen LogP contribution in [0.25, 0.3) is 11.1 Å². The van der Waals surface area contributed by atoms with Crippen LogP contribution in [0.2, 0.25) is 0 Å². The van der Waals surface area contributed by atoms with E-state index in [1.807, 2.05) is 60.7 Å². The highest BCUT2D eigenvalue weighted by Gasteiger charge is 2.01. The van der Waals surface area contributed by atoms with Gasteiger partial charge >= 0.3 is 0 Å². The van der Waals surface area contributed by atoms with Crippen molar-refractivity contribution in [1.82, 2.24) is 0 Å². The SMILES string of the molecule is COc1cccc(COc2[c]ccc(-c3ccccc3)c2)c1. The molecule has 0 bridgehead atoms. The summed E-state index contributed by atoms with van der Waals surface area (Å²) in [4.78, 5) is 0. The minimum absolute atomic E-state index is 0.492. The molecule has 22 heavy (non-hydrogen) atoms. The molecule has 0 aromatic heterocycles.